The molecule has 3 aliphatic heterocycles. The van der Waals surface area contributed by atoms with Crippen LogP contribution >= 0.6 is 0 Å². The average molecular weight is 265 g/mol. The predicted molar refractivity (Wildman–Crippen MR) is 82.0 cm³/mol. The Hall–Kier alpha value is -1.87. The highest BCUT2D eigenvalue weighted by Crippen LogP contribution is 2.28. The van der Waals surface area contributed by atoms with Crippen LogP contribution < -0.4 is 4.90 Å². The summed E-state index contributed by atoms with van der Waals surface area (Å²) >= 11 is 0. The minimum absolute atomic E-state index is 0.681. The lowest BCUT2D eigenvalue weighted by Crippen LogP contribution is -2.66. The van der Waals surface area contributed by atoms with E-state index in [1.165, 1.54) is 36.3 Å². The van der Waals surface area contributed by atoms with E-state index in [-0.39, 0.29) is 0 Å². The number of aryl methyl sites for hydroxylation is 1. The van der Waals surface area contributed by atoms with Crippen LogP contribution in [-0.4, -0.2) is 42.1 Å². The van der Waals surface area contributed by atoms with Crippen LogP contribution in [0, 0.1) is 6.92 Å². The summed E-state index contributed by atoms with van der Waals surface area (Å²) in [5.74, 6) is 1.13. The minimum Gasteiger partial charge on any atom is -0.350 e. The molecule has 5 rings (SSSR count). The van der Waals surface area contributed by atoms with Gasteiger partial charge in [-0.2, -0.15) is 0 Å². The molecule has 2 bridgehead atoms. The lowest BCUT2D eigenvalue weighted by Gasteiger charge is -2.51. The molecule has 0 amide bonds. The molecule has 0 unspecified atom stereocenters. The van der Waals surface area contributed by atoms with Gasteiger partial charge >= 0.3 is 0 Å². The third-order valence-corrected chi connectivity index (χ3v) is 4.53. The van der Waals surface area contributed by atoms with Crippen LogP contribution in [0.1, 0.15) is 5.56 Å². The number of pyridine rings is 1. The summed E-state index contributed by atoms with van der Waals surface area (Å²) in [6, 6.07) is 13.5. The molecule has 0 atom stereocenters. The summed E-state index contributed by atoms with van der Waals surface area (Å²) in [6.45, 7) is 6.86. The number of piperazine rings is 2. The predicted octanol–water partition coefficient (Wildman–Crippen LogP) is 2.56. The molecule has 3 heteroatoms. The fourth-order valence-electron chi connectivity index (χ4n) is 3.27. The quantitative estimate of drug-likeness (QED) is 0.832. The molecule has 0 N–H and O–H groups in total. The van der Waals surface area contributed by atoms with Crippen LogP contribution in [-0.2, 0) is 0 Å². The zero-order valence-electron chi connectivity index (χ0n) is 11.8. The summed E-state index contributed by atoms with van der Waals surface area (Å²) in [6.07, 6.45) is 2.02. The van der Waals surface area contributed by atoms with E-state index < -0.39 is 0 Å². The Bertz CT molecular complexity index is 612. The SMILES string of the molecule is Cc1ccccc1-c1ccc(N2CCN3CC2C3)nc1. The molecule has 0 aliphatic carbocycles. The van der Waals surface area contributed by atoms with E-state index in [2.05, 4.69) is 53.1 Å². The smallest absolute Gasteiger partial charge is 0.128 e. The Morgan fingerprint density at radius 2 is 1.90 bits per heavy atom. The van der Waals surface area contributed by atoms with Gasteiger partial charge in [0.05, 0.1) is 6.04 Å². The van der Waals surface area contributed by atoms with E-state index in [1.54, 1.807) is 0 Å². The number of hydrogen-bond acceptors (Lipinski definition) is 3. The maximum absolute atomic E-state index is 4.70. The van der Waals surface area contributed by atoms with Gasteiger partial charge in [0.1, 0.15) is 5.82 Å². The van der Waals surface area contributed by atoms with Gasteiger partial charge in [0.15, 0.2) is 0 Å². The number of aromatic nitrogens is 1. The van der Waals surface area contributed by atoms with Crippen molar-refractivity contribution in [1.82, 2.24) is 9.88 Å². The topological polar surface area (TPSA) is 19.4 Å². The van der Waals surface area contributed by atoms with Crippen LogP contribution in [0.5, 0.6) is 0 Å². The van der Waals surface area contributed by atoms with E-state index in [1.807, 2.05) is 6.20 Å². The maximum atomic E-state index is 4.70. The van der Waals surface area contributed by atoms with Gasteiger partial charge in [0, 0.05) is 37.9 Å². The lowest BCUT2D eigenvalue weighted by molar-refractivity contribution is 0.109. The molecular formula is C17H19N3. The summed E-state index contributed by atoms with van der Waals surface area (Å²) < 4.78 is 0. The van der Waals surface area contributed by atoms with Crippen LogP contribution in [0.3, 0.4) is 0 Å². The highest BCUT2D eigenvalue weighted by atomic mass is 15.4. The minimum atomic E-state index is 0.681. The van der Waals surface area contributed by atoms with Crippen molar-refractivity contribution in [2.24, 2.45) is 0 Å². The molecule has 1 aromatic carbocycles. The third kappa shape index (κ3) is 1.90. The number of anilines is 1. The van der Waals surface area contributed by atoms with E-state index >= 15 is 0 Å². The number of fused-ring (bicyclic) bond motifs is 2. The number of hydrogen-bond donors (Lipinski definition) is 0. The highest BCUT2D eigenvalue weighted by molar-refractivity contribution is 5.67. The van der Waals surface area contributed by atoms with Crippen molar-refractivity contribution in [1.29, 1.82) is 0 Å². The van der Waals surface area contributed by atoms with Crippen molar-refractivity contribution in [2.75, 3.05) is 31.1 Å². The molecular weight excluding hydrogens is 246 g/mol. The summed E-state index contributed by atoms with van der Waals surface area (Å²) in [4.78, 5) is 9.67. The summed E-state index contributed by atoms with van der Waals surface area (Å²) in [5, 5.41) is 0. The van der Waals surface area contributed by atoms with Crippen molar-refractivity contribution in [3.63, 3.8) is 0 Å². The molecule has 3 saturated heterocycles. The van der Waals surface area contributed by atoms with E-state index in [4.69, 9.17) is 4.98 Å². The molecule has 3 aliphatic rings. The summed E-state index contributed by atoms with van der Waals surface area (Å²) in [5.41, 5.74) is 3.79. The molecule has 1 aromatic heterocycles. The molecule has 0 radical (unpaired) electrons. The highest BCUT2D eigenvalue weighted by Gasteiger charge is 2.37. The molecule has 2 aromatic rings. The van der Waals surface area contributed by atoms with Crippen LogP contribution in [0.15, 0.2) is 42.6 Å². The molecule has 0 spiro atoms. The lowest BCUT2D eigenvalue weighted by atomic mass is 10.0. The number of rotatable bonds is 2. The van der Waals surface area contributed by atoms with Crippen molar-refractivity contribution in [3.8, 4) is 11.1 Å². The maximum Gasteiger partial charge on any atom is 0.128 e. The molecule has 3 nitrogen and oxygen atoms in total. The molecule has 3 fully saturated rings. The normalized spacial score (nSPS) is 24.4. The van der Waals surface area contributed by atoms with Crippen LogP contribution in [0.2, 0.25) is 0 Å². The first-order chi connectivity index (χ1) is 9.81. The van der Waals surface area contributed by atoms with Gasteiger partial charge < -0.3 is 4.90 Å². The first-order valence-electron chi connectivity index (χ1n) is 7.32. The van der Waals surface area contributed by atoms with Crippen molar-refractivity contribution < 1.29 is 0 Å². The Kier molecular flexibility index (Phi) is 2.74. The standard InChI is InChI=1S/C17H19N3/c1-13-4-2-3-5-16(13)14-6-7-17(18-10-14)20-9-8-19-11-15(20)12-19/h2-7,10,15H,8-9,11-12H2,1H3. The molecule has 0 saturated carbocycles. The van der Waals surface area contributed by atoms with Crippen molar-refractivity contribution in [3.05, 3.63) is 48.2 Å². The van der Waals surface area contributed by atoms with E-state index in [9.17, 15) is 0 Å². The first kappa shape index (κ1) is 11.9. The molecule has 4 heterocycles. The molecule has 20 heavy (non-hydrogen) atoms. The second-order valence-electron chi connectivity index (χ2n) is 5.83. The Morgan fingerprint density at radius 3 is 2.55 bits per heavy atom. The largest absolute Gasteiger partial charge is 0.350 e. The van der Waals surface area contributed by atoms with Gasteiger partial charge in [-0.05, 0) is 30.2 Å². The second-order valence-corrected chi connectivity index (χ2v) is 5.83. The second kappa shape index (κ2) is 4.60. The van der Waals surface area contributed by atoms with Crippen LogP contribution in [0.25, 0.3) is 11.1 Å². The van der Waals surface area contributed by atoms with Gasteiger partial charge in [0.2, 0.25) is 0 Å². The Balaban J connectivity index is 1.61. The van der Waals surface area contributed by atoms with Gasteiger partial charge in [-0.1, -0.05) is 24.3 Å². The van der Waals surface area contributed by atoms with Gasteiger partial charge in [-0.25, -0.2) is 4.98 Å². The van der Waals surface area contributed by atoms with E-state index in [0.717, 1.165) is 12.4 Å². The fourth-order valence-corrected chi connectivity index (χ4v) is 3.27. The Morgan fingerprint density at radius 1 is 1.05 bits per heavy atom. The fraction of sp³-hybridized carbons (Fsp3) is 0.353. The average Bonchev–Trinajstić information content (AvgIpc) is 2.47. The van der Waals surface area contributed by atoms with Gasteiger partial charge in [0.25, 0.3) is 0 Å². The zero-order chi connectivity index (χ0) is 13.5. The monoisotopic (exact) mass is 265 g/mol. The van der Waals surface area contributed by atoms with Crippen LogP contribution in [0.4, 0.5) is 5.82 Å². The third-order valence-electron chi connectivity index (χ3n) is 4.53. The van der Waals surface area contributed by atoms with Crippen molar-refractivity contribution in [2.45, 2.75) is 13.0 Å². The zero-order valence-corrected chi connectivity index (χ0v) is 11.8. The molecule has 102 valence electrons. The van der Waals surface area contributed by atoms with Crippen molar-refractivity contribution >= 4 is 5.82 Å². The van der Waals surface area contributed by atoms with Gasteiger partial charge in [-0.15, -0.1) is 0 Å². The van der Waals surface area contributed by atoms with E-state index in [0.29, 0.717) is 6.04 Å². The Labute approximate surface area is 119 Å². The first-order valence-corrected chi connectivity index (χ1v) is 7.32. The summed E-state index contributed by atoms with van der Waals surface area (Å²) in [7, 11) is 0. The van der Waals surface area contributed by atoms with Gasteiger partial charge in [-0.3, -0.25) is 4.90 Å². The number of benzene rings is 1. The number of nitrogens with zero attached hydrogens (tertiary/aromatic N) is 3.